The Balaban J connectivity index is 1.74. The highest BCUT2D eigenvalue weighted by atomic mass is 31.2. The van der Waals surface area contributed by atoms with Crippen molar-refractivity contribution >= 4 is 7.82 Å². The molecule has 0 spiro atoms. The summed E-state index contributed by atoms with van der Waals surface area (Å²) in [7, 11) is -3.15. The smallest absolute Gasteiger partial charge is 0.287 e. The monoisotopic (exact) mass is 320 g/mol. The van der Waals surface area contributed by atoms with E-state index in [1.165, 1.54) is 64.2 Å². The number of hydrogen-bond acceptors (Lipinski definition) is 4. The van der Waals surface area contributed by atoms with E-state index in [1.807, 2.05) is 0 Å². The van der Waals surface area contributed by atoms with Gasteiger partial charge in [0.25, 0.3) is 0 Å². The normalized spacial score (nSPS) is 17.4. The second-order valence-electron chi connectivity index (χ2n) is 5.84. The van der Waals surface area contributed by atoms with Crippen molar-refractivity contribution in [1.29, 1.82) is 0 Å². The van der Waals surface area contributed by atoms with Crippen LogP contribution in [0.25, 0.3) is 0 Å². The lowest BCUT2D eigenvalue weighted by Crippen LogP contribution is -1.93. The highest BCUT2D eigenvalue weighted by Gasteiger charge is 2.31. The molecule has 0 aromatic heterocycles. The first-order valence-corrected chi connectivity index (χ1v) is 10.3. The van der Waals surface area contributed by atoms with Crippen molar-refractivity contribution < 1.29 is 18.1 Å². The molecule has 21 heavy (non-hydrogen) atoms. The molecule has 0 atom stereocenters. The second-order valence-corrected chi connectivity index (χ2v) is 7.50. The Morgan fingerprint density at radius 2 is 1.19 bits per heavy atom. The third kappa shape index (κ3) is 10.5. The molecule has 1 aliphatic heterocycles. The zero-order chi connectivity index (χ0) is 15.2. The minimum Gasteiger partial charge on any atom is -0.287 e. The van der Waals surface area contributed by atoms with E-state index in [2.05, 4.69) is 6.92 Å². The van der Waals surface area contributed by atoms with E-state index < -0.39 is 7.82 Å². The molecule has 1 fully saturated rings. The van der Waals surface area contributed by atoms with E-state index in [0.29, 0.717) is 19.8 Å². The molecule has 4 nitrogen and oxygen atoms in total. The first-order valence-electron chi connectivity index (χ1n) is 8.80. The molecule has 0 bridgehead atoms. The molecule has 0 radical (unpaired) electrons. The molecule has 0 aromatic carbocycles. The Bertz CT molecular complexity index is 273. The summed E-state index contributed by atoms with van der Waals surface area (Å²) in [5.74, 6) is 0. The second kappa shape index (κ2) is 12.6. The van der Waals surface area contributed by atoms with Gasteiger partial charge in [0, 0.05) is 0 Å². The van der Waals surface area contributed by atoms with Gasteiger partial charge in [0.2, 0.25) is 0 Å². The molecule has 0 amide bonds. The average molecular weight is 320 g/mol. The molecule has 0 N–H and O–H groups in total. The van der Waals surface area contributed by atoms with Crippen LogP contribution in [0.15, 0.2) is 0 Å². The molecule has 1 heterocycles. The van der Waals surface area contributed by atoms with Crippen molar-refractivity contribution in [2.45, 2.75) is 84.0 Å². The van der Waals surface area contributed by atoms with Crippen molar-refractivity contribution in [3.8, 4) is 0 Å². The Hall–Kier alpha value is 0.110. The van der Waals surface area contributed by atoms with Crippen molar-refractivity contribution in [2.75, 3.05) is 19.8 Å². The fourth-order valence-corrected chi connectivity index (χ4v) is 3.70. The van der Waals surface area contributed by atoms with Crippen LogP contribution in [-0.4, -0.2) is 19.8 Å². The molecule has 0 unspecified atom stereocenters. The number of hydrogen-bond donors (Lipinski definition) is 0. The van der Waals surface area contributed by atoms with Crippen LogP contribution in [0, 0.1) is 0 Å². The molecular weight excluding hydrogens is 287 g/mol. The summed E-state index contributed by atoms with van der Waals surface area (Å²) < 4.78 is 26.8. The van der Waals surface area contributed by atoms with Gasteiger partial charge in [-0.1, -0.05) is 77.6 Å². The molecule has 1 saturated heterocycles. The number of unbranched alkanes of at least 4 members (excludes halogenated alkanes) is 11. The van der Waals surface area contributed by atoms with Crippen LogP contribution in [0.1, 0.15) is 84.0 Å². The van der Waals surface area contributed by atoms with Gasteiger partial charge in [-0.15, -0.1) is 0 Å². The van der Waals surface area contributed by atoms with Gasteiger partial charge in [-0.3, -0.25) is 13.6 Å². The summed E-state index contributed by atoms with van der Waals surface area (Å²) in [6.45, 7) is 3.51. The summed E-state index contributed by atoms with van der Waals surface area (Å²) in [6.07, 6.45) is 15.7. The van der Waals surface area contributed by atoms with E-state index in [1.54, 1.807) is 0 Å². The predicted octanol–water partition coefficient (Wildman–Crippen LogP) is 5.86. The first kappa shape index (κ1) is 19.2. The highest BCUT2D eigenvalue weighted by molar-refractivity contribution is 7.48. The lowest BCUT2D eigenvalue weighted by Gasteiger charge is -2.09. The van der Waals surface area contributed by atoms with Crippen LogP contribution in [0.3, 0.4) is 0 Å². The van der Waals surface area contributed by atoms with Crippen molar-refractivity contribution in [1.82, 2.24) is 0 Å². The maximum absolute atomic E-state index is 11.6. The fourth-order valence-electron chi connectivity index (χ4n) is 2.53. The number of rotatable bonds is 14. The van der Waals surface area contributed by atoms with Crippen LogP contribution in [0.4, 0.5) is 0 Å². The molecule has 5 heteroatoms. The Morgan fingerprint density at radius 1 is 0.762 bits per heavy atom. The minimum absolute atomic E-state index is 0.385. The molecule has 0 aliphatic carbocycles. The summed E-state index contributed by atoms with van der Waals surface area (Å²) in [4.78, 5) is 0. The van der Waals surface area contributed by atoms with E-state index in [4.69, 9.17) is 13.6 Å². The maximum Gasteiger partial charge on any atom is 0.474 e. The molecule has 1 rings (SSSR count). The predicted molar refractivity (Wildman–Crippen MR) is 86.5 cm³/mol. The maximum atomic E-state index is 11.6. The van der Waals surface area contributed by atoms with Gasteiger partial charge in [0.1, 0.15) is 0 Å². The molecule has 0 aromatic rings. The fraction of sp³-hybridized carbons (Fsp3) is 1.00. The zero-order valence-electron chi connectivity index (χ0n) is 13.7. The third-order valence-electron chi connectivity index (χ3n) is 3.83. The van der Waals surface area contributed by atoms with Crippen LogP contribution in [0.5, 0.6) is 0 Å². The van der Waals surface area contributed by atoms with Crippen molar-refractivity contribution in [3.63, 3.8) is 0 Å². The van der Waals surface area contributed by atoms with Crippen LogP contribution >= 0.6 is 7.82 Å². The van der Waals surface area contributed by atoms with Crippen LogP contribution in [0.2, 0.25) is 0 Å². The Morgan fingerprint density at radius 3 is 1.67 bits per heavy atom. The SMILES string of the molecule is CCCCCCCCCCCCCCOP1(=O)OCCO1. The quantitative estimate of drug-likeness (QED) is 0.297. The summed E-state index contributed by atoms with van der Waals surface area (Å²) >= 11 is 0. The van der Waals surface area contributed by atoms with Crippen molar-refractivity contribution in [2.24, 2.45) is 0 Å². The largest absolute Gasteiger partial charge is 0.474 e. The summed E-state index contributed by atoms with van der Waals surface area (Å²) in [5.41, 5.74) is 0. The van der Waals surface area contributed by atoms with Gasteiger partial charge in [0.05, 0.1) is 19.8 Å². The van der Waals surface area contributed by atoms with Crippen molar-refractivity contribution in [3.05, 3.63) is 0 Å². The number of phosphoric ester groups is 1. The zero-order valence-corrected chi connectivity index (χ0v) is 14.6. The van der Waals surface area contributed by atoms with E-state index >= 15 is 0 Å². The van der Waals surface area contributed by atoms with Gasteiger partial charge in [-0.2, -0.15) is 0 Å². The average Bonchev–Trinajstić information content (AvgIpc) is 2.91. The highest BCUT2D eigenvalue weighted by Crippen LogP contribution is 2.52. The standard InChI is InChI=1S/C16H33O4P/c1-2-3-4-5-6-7-8-9-10-11-12-13-14-18-21(17)19-15-16-20-21/h2-16H2,1H3. The third-order valence-corrected chi connectivity index (χ3v) is 5.33. The van der Waals surface area contributed by atoms with Gasteiger partial charge < -0.3 is 0 Å². The van der Waals surface area contributed by atoms with E-state index in [-0.39, 0.29) is 0 Å². The van der Waals surface area contributed by atoms with Crippen LogP contribution < -0.4 is 0 Å². The molecule has 1 aliphatic rings. The lowest BCUT2D eigenvalue weighted by atomic mass is 10.1. The lowest BCUT2D eigenvalue weighted by molar-refractivity contribution is 0.187. The van der Waals surface area contributed by atoms with E-state index in [9.17, 15) is 4.57 Å². The Labute approximate surface area is 130 Å². The molecule has 126 valence electrons. The molecular formula is C16H33O4P. The minimum atomic E-state index is -3.15. The Kier molecular flexibility index (Phi) is 11.5. The van der Waals surface area contributed by atoms with E-state index in [0.717, 1.165) is 12.8 Å². The molecule has 0 saturated carbocycles. The topological polar surface area (TPSA) is 44.8 Å². The van der Waals surface area contributed by atoms with Gasteiger partial charge in [0.15, 0.2) is 0 Å². The van der Waals surface area contributed by atoms with Gasteiger partial charge in [-0.05, 0) is 6.42 Å². The number of phosphoric acid groups is 1. The van der Waals surface area contributed by atoms with Crippen LogP contribution in [-0.2, 0) is 18.1 Å². The first-order chi connectivity index (χ1) is 10.3. The summed E-state index contributed by atoms with van der Waals surface area (Å²) in [6, 6.07) is 0. The summed E-state index contributed by atoms with van der Waals surface area (Å²) in [5, 5.41) is 0. The van der Waals surface area contributed by atoms with Gasteiger partial charge >= 0.3 is 7.82 Å². The van der Waals surface area contributed by atoms with Gasteiger partial charge in [-0.25, -0.2) is 4.57 Å².